The predicted octanol–water partition coefficient (Wildman–Crippen LogP) is 2.65. The maximum atomic E-state index is 5.43. The van der Waals surface area contributed by atoms with E-state index in [1.807, 2.05) is 18.2 Å². The summed E-state index contributed by atoms with van der Waals surface area (Å²) in [5.74, 6) is 2.65. The molecular formula is C14H17NO. The van der Waals surface area contributed by atoms with E-state index in [-0.39, 0.29) is 0 Å². The minimum atomic E-state index is 0.510. The third kappa shape index (κ3) is 3.01. The van der Waals surface area contributed by atoms with Crippen LogP contribution in [0, 0.1) is 12.3 Å². The van der Waals surface area contributed by atoms with Crippen molar-refractivity contribution in [3.05, 3.63) is 29.8 Å². The van der Waals surface area contributed by atoms with E-state index in [1.165, 1.54) is 6.42 Å². The van der Waals surface area contributed by atoms with Gasteiger partial charge in [0.2, 0.25) is 0 Å². The molecule has 0 amide bonds. The molecule has 2 nitrogen and oxygen atoms in total. The highest BCUT2D eigenvalue weighted by Gasteiger charge is 2.11. The Hall–Kier alpha value is -1.46. The zero-order valence-electron chi connectivity index (χ0n) is 9.41. The summed E-state index contributed by atoms with van der Waals surface area (Å²) in [5, 5.41) is 3.52. The molecular weight excluding hydrogens is 198 g/mol. The minimum absolute atomic E-state index is 0.510. The number of benzene rings is 1. The molecule has 84 valence electrons. The van der Waals surface area contributed by atoms with Crippen molar-refractivity contribution in [2.45, 2.75) is 25.3 Å². The van der Waals surface area contributed by atoms with Gasteiger partial charge in [0, 0.05) is 30.5 Å². The van der Waals surface area contributed by atoms with Gasteiger partial charge in [-0.1, -0.05) is 12.0 Å². The van der Waals surface area contributed by atoms with Crippen LogP contribution >= 0.6 is 0 Å². The van der Waals surface area contributed by atoms with E-state index in [1.54, 1.807) is 0 Å². The summed E-state index contributed by atoms with van der Waals surface area (Å²) >= 11 is 0. The first kappa shape index (κ1) is 11.0. The molecule has 0 radical (unpaired) electrons. The number of ether oxygens (including phenoxy) is 1. The van der Waals surface area contributed by atoms with Crippen molar-refractivity contribution in [2.75, 3.05) is 18.5 Å². The summed E-state index contributed by atoms with van der Waals surface area (Å²) in [6, 6.07) is 8.53. The van der Waals surface area contributed by atoms with Crippen LogP contribution in [0.2, 0.25) is 0 Å². The molecule has 0 aliphatic carbocycles. The van der Waals surface area contributed by atoms with E-state index in [0.717, 1.165) is 37.3 Å². The average Bonchev–Trinajstić information content (AvgIpc) is 2.58. The van der Waals surface area contributed by atoms with E-state index in [2.05, 4.69) is 17.3 Å². The summed E-state index contributed by atoms with van der Waals surface area (Å²) in [6.07, 6.45) is 8.75. The molecule has 1 fully saturated rings. The molecule has 16 heavy (non-hydrogen) atoms. The number of hydrogen-bond acceptors (Lipinski definition) is 2. The highest BCUT2D eigenvalue weighted by molar-refractivity contribution is 5.50. The molecule has 1 atom stereocenters. The van der Waals surface area contributed by atoms with Crippen LogP contribution in [0.5, 0.6) is 0 Å². The summed E-state index contributed by atoms with van der Waals surface area (Å²) in [5.41, 5.74) is 2.04. The van der Waals surface area contributed by atoms with Gasteiger partial charge in [0.25, 0.3) is 0 Å². The molecule has 1 saturated heterocycles. The zero-order valence-corrected chi connectivity index (χ0v) is 9.41. The van der Waals surface area contributed by atoms with Crippen molar-refractivity contribution in [1.82, 2.24) is 0 Å². The Morgan fingerprint density at radius 3 is 3.12 bits per heavy atom. The standard InChI is InChI=1S/C14H17NO/c1-2-12-5-3-6-14(11-12)15-13-7-4-9-16-10-8-13/h1,3,5-6,11,13,15H,4,7-10H2. The van der Waals surface area contributed by atoms with Crippen molar-refractivity contribution in [3.8, 4) is 12.3 Å². The number of nitrogens with one attached hydrogen (secondary N) is 1. The van der Waals surface area contributed by atoms with Gasteiger partial charge >= 0.3 is 0 Å². The van der Waals surface area contributed by atoms with Crippen molar-refractivity contribution in [3.63, 3.8) is 0 Å². The molecule has 1 aromatic carbocycles. The molecule has 1 N–H and O–H groups in total. The Bertz CT molecular complexity index is 373. The summed E-state index contributed by atoms with van der Waals surface area (Å²) in [7, 11) is 0. The Balaban J connectivity index is 1.99. The van der Waals surface area contributed by atoms with Crippen molar-refractivity contribution < 1.29 is 4.74 Å². The highest BCUT2D eigenvalue weighted by atomic mass is 16.5. The first-order valence-electron chi connectivity index (χ1n) is 5.79. The van der Waals surface area contributed by atoms with E-state index >= 15 is 0 Å². The molecule has 2 heteroatoms. The molecule has 1 unspecified atom stereocenters. The van der Waals surface area contributed by atoms with Gasteiger partial charge in [-0.05, 0) is 37.5 Å². The number of rotatable bonds is 2. The number of hydrogen-bond donors (Lipinski definition) is 1. The lowest BCUT2D eigenvalue weighted by Crippen LogP contribution is -2.19. The predicted molar refractivity (Wildman–Crippen MR) is 66.5 cm³/mol. The van der Waals surface area contributed by atoms with Crippen molar-refractivity contribution >= 4 is 5.69 Å². The molecule has 1 heterocycles. The third-order valence-electron chi connectivity index (χ3n) is 2.85. The molecule has 1 aromatic rings. The number of anilines is 1. The Kier molecular flexibility index (Phi) is 3.85. The second kappa shape index (κ2) is 5.58. The van der Waals surface area contributed by atoms with Crippen LogP contribution in [0.1, 0.15) is 24.8 Å². The Labute approximate surface area is 97.0 Å². The van der Waals surface area contributed by atoms with Gasteiger partial charge in [0.15, 0.2) is 0 Å². The second-order valence-electron chi connectivity index (χ2n) is 4.11. The summed E-state index contributed by atoms with van der Waals surface area (Å²) in [6.45, 7) is 1.75. The fourth-order valence-electron chi connectivity index (χ4n) is 1.98. The van der Waals surface area contributed by atoms with Crippen LogP contribution in [0.4, 0.5) is 5.69 Å². The maximum Gasteiger partial charge on any atom is 0.0485 e. The van der Waals surface area contributed by atoms with Gasteiger partial charge < -0.3 is 10.1 Å². The molecule has 0 saturated carbocycles. The maximum absolute atomic E-state index is 5.43. The van der Waals surface area contributed by atoms with Gasteiger partial charge in [-0.3, -0.25) is 0 Å². The fraction of sp³-hybridized carbons (Fsp3) is 0.429. The smallest absolute Gasteiger partial charge is 0.0485 e. The van der Waals surface area contributed by atoms with Gasteiger partial charge in [0.1, 0.15) is 0 Å². The van der Waals surface area contributed by atoms with Crippen molar-refractivity contribution in [2.24, 2.45) is 0 Å². The lowest BCUT2D eigenvalue weighted by molar-refractivity contribution is 0.144. The van der Waals surface area contributed by atoms with Crippen LogP contribution in [-0.4, -0.2) is 19.3 Å². The van der Waals surface area contributed by atoms with E-state index in [0.29, 0.717) is 6.04 Å². The molecule has 0 aromatic heterocycles. The molecule has 0 bridgehead atoms. The van der Waals surface area contributed by atoms with Gasteiger partial charge in [0.05, 0.1) is 0 Å². The van der Waals surface area contributed by atoms with Crippen LogP contribution in [0.25, 0.3) is 0 Å². The molecule has 1 aliphatic heterocycles. The van der Waals surface area contributed by atoms with Crippen molar-refractivity contribution in [1.29, 1.82) is 0 Å². The average molecular weight is 215 g/mol. The van der Waals surface area contributed by atoms with E-state index < -0.39 is 0 Å². The molecule has 0 spiro atoms. The van der Waals surface area contributed by atoms with Crippen LogP contribution in [0.3, 0.4) is 0 Å². The first-order chi connectivity index (χ1) is 7.88. The topological polar surface area (TPSA) is 21.3 Å². The van der Waals surface area contributed by atoms with Gasteiger partial charge in [-0.25, -0.2) is 0 Å². The zero-order chi connectivity index (χ0) is 11.2. The SMILES string of the molecule is C#Cc1cccc(NC2CCCOCC2)c1. The minimum Gasteiger partial charge on any atom is -0.382 e. The summed E-state index contributed by atoms with van der Waals surface area (Å²) in [4.78, 5) is 0. The van der Waals surface area contributed by atoms with Crippen LogP contribution in [0.15, 0.2) is 24.3 Å². The summed E-state index contributed by atoms with van der Waals surface area (Å²) < 4.78 is 5.43. The van der Waals surface area contributed by atoms with E-state index in [4.69, 9.17) is 11.2 Å². The van der Waals surface area contributed by atoms with Crippen LogP contribution in [-0.2, 0) is 4.74 Å². The lowest BCUT2D eigenvalue weighted by atomic mass is 10.1. The van der Waals surface area contributed by atoms with Crippen LogP contribution < -0.4 is 5.32 Å². The fourth-order valence-corrected chi connectivity index (χ4v) is 1.98. The Morgan fingerprint density at radius 2 is 2.25 bits per heavy atom. The lowest BCUT2D eigenvalue weighted by Gasteiger charge is -2.17. The molecule has 2 rings (SSSR count). The Morgan fingerprint density at radius 1 is 1.31 bits per heavy atom. The largest absolute Gasteiger partial charge is 0.382 e. The molecule has 1 aliphatic rings. The van der Waals surface area contributed by atoms with E-state index in [9.17, 15) is 0 Å². The highest BCUT2D eigenvalue weighted by Crippen LogP contribution is 2.16. The normalized spacial score (nSPS) is 20.8. The number of terminal acetylenes is 1. The first-order valence-corrected chi connectivity index (χ1v) is 5.79. The second-order valence-corrected chi connectivity index (χ2v) is 4.11. The third-order valence-corrected chi connectivity index (χ3v) is 2.85. The monoisotopic (exact) mass is 215 g/mol. The quantitative estimate of drug-likeness (QED) is 0.766. The van der Waals surface area contributed by atoms with Gasteiger partial charge in [-0.15, -0.1) is 6.42 Å². The van der Waals surface area contributed by atoms with Gasteiger partial charge in [-0.2, -0.15) is 0 Å².